The van der Waals surface area contributed by atoms with Gasteiger partial charge in [-0.2, -0.15) is 5.10 Å². The Labute approximate surface area is 128 Å². The molecule has 0 fully saturated rings. The molecule has 0 saturated carbocycles. The van der Waals surface area contributed by atoms with Crippen LogP contribution < -0.4 is 4.72 Å². The molecule has 1 unspecified atom stereocenters. The number of nitrogens with one attached hydrogen (secondary N) is 1. The molecule has 0 bridgehead atoms. The van der Waals surface area contributed by atoms with Crippen LogP contribution in [0.1, 0.15) is 18.2 Å². The first-order chi connectivity index (χ1) is 10.0. The minimum atomic E-state index is -3.56. The number of rotatable bonds is 8. The molecule has 0 aliphatic rings. The Morgan fingerprint density at radius 1 is 1.52 bits per heavy atom. The summed E-state index contributed by atoms with van der Waals surface area (Å²) >= 11 is 1.61. The van der Waals surface area contributed by atoms with Crippen LogP contribution in [0.25, 0.3) is 0 Å². The zero-order chi connectivity index (χ0) is 15.3. The maximum absolute atomic E-state index is 12.2. The first kappa shape index (κ1) is 16.2. The van der Waals surface area contributed by atoms with Gasteiger partial charge in [-0.1, -0.05) is 6.07 Å². The Morgan fingerprint density at radius 3 is 3.00 bits per heavy atom. The van der Waals surface area contributed by atoms with Crippen molar-refractivity contribution in [2.75, 3.05) is 6.61 Å². The van der Waals surface area contributed by atoms with Crippen molar-refractivity contribution in [2.24, 2.45) is 0 Å². The normalized spacial score (nSPS) is 13.4. The van der Waals surface area contributed by atoms with Crippen molar-refractivity contribution in [1.82, 2.24) is 14.5 Å². The van der Waals surface area contributed by atoms with Gasteiger partial charge in [0.2, 0.25) is 10.0 Å². The summed E-state index contributed by atoms with van der Waals surface area (Å²) in [6.45, 7) is 2.39. The quantitative estimate of drug-likeness (QED) is 0.763. The summed E-state index contributed by atoms with van der Waals surface area (Å²) in [5.74, 6) is 0. The van der Waals surface area contributed by atoms with E-state index >= 15 is 0 Å². The van der Waals surface area contributed by atoms with E-state index in [-0.39, 0.29) is 17.5 Å². The first-order valence-corrected chi connectivity index (χ1v) is 9.05. The molecule has 0 saturated heterocycles. The van der Waals surface area contributed by atoms with E-state index in [1.807, 2.05) is 24.4 Å². The van der Waals surface area contributed by atoms with Gasteiger partial charge in [0.05, 0.1) is 6.20 Å². The van der Waals surface area contributed by atoms with Crippen molar-refractivity contribution in [1.29, 1.82) is 0 Å². The van der Waals surface area contributed by atoms with Crippen LogP contribution in [0.15, 0.2) is 34.8 Å². The molecule has 116 valence electrons. The summed E-state index contributed by atoms with van der Waals surface area (Å²) in [6.07, 6.45) is 4.02. The fraction of sp³-hybridized carbons (Fsp3) is 0.462. The third-order valence-electron chi connectivity index (χ3n) is 2.91. The van der Waals surface area contributed by atoms with Crippen LogP contribution in [0.3, 0.4) is 0 Å². The zero-order valence-electron chi connectivity index (χ0n) is 11.8. The van der Waals surface area contributed by atoms with Crippen LogP contribution in [-0.4, -0.2) is 36.0 Å². The summed E-state index contributed by atoms with van der Waals surface area (Å²) in [6, 6.07) is 3.75. The van der Waals surface area contributed by atoms with Gasteiger partial charge in [-0.05, 0) is 31.2 Å². The minimum Gasteiger partial charge on any atom is -0.396 e. The average Bonchev–Trinajstić information content (AvgIpc) is 3.06. The standard InChI is InChI=1S/C13H19N3O3S2/c1-11(8-12-4-2-7-20-12)15-21(18,19)13-9-14-16(10-13)5-3-6-17/h2,4,7,9-11,15,17H,3,5-6,8H2,1H3. The average molecular weight is 329 g/mol. The van der Waals surface area contributed by atoms with Crippen molar-refractivity contribution < 1.29 is 13.5 Å². The number of aryl methyl sites for hydroxylation is 1. The first-order valence-electron chi connectivity index (χ1n) is 6.69. The molecule has 8 heteroatoms. The van der Waals surface area contributed by atoms with Crippen LogP contribution in [0.5, 0.6) is 0 Å². The van der Waals surface area contributed by atoms with E-state index in [9.17, 15) is 8.42 Å². The Morgan fingerprint density at radius 2 is 2.33 bits per heavy atom. The Hall–Kier alpha value is -1.22. The van der Waals surface area contributed by atoms with Crippen molar-refractivity contribution in [3.8, 4) is 0 Å². The molecule has 2 heterocycles. The van der Waals surface area contributed by atoms with Gasteiger partial charge in [0, 0.05) is 30.3 Å². The number of aliphatic hydroxyl groups excluding tert-OH is 1. The molecule has 0 spiro atoms. The lowest BCUT2D eigenvalue weighted by molar-refractivity contribution is 0.277. The molecular weight excluding hydrogens is 310 g/mol. The van der Waals surface area contributed by atoms with Gasteiger partial charge in [0.25, 0.3) is 0 Å². The number of thiophene rings is 1. The van der Waals surface area contributed by atoms with Crippen LogP contribution >= 0.6 is 11.3 Å². The highest BCUT2D eigenvalue weighted by molar-refractivity contribution is 7.89. The van der Waals surface area contributed by atoms with E-state index in [0.717, 1.165) is 4.88 Å². The van der Waals surface area contributed by atoms with E-state index in [1.54, 1.807) is 11.3 Å². The van der Waals surface area contributed by atoms with Crippen LogP contribution in [0.4, 0.5) is 0 Å². The third-order valence-corrected chi connectivity index (χ3v) is 5.35. The predicted molar refractivity (Wildman–Crippen MR) is 81.7 cm³/mol. The second-order valence-electron chi connectivity index (χ2n) is 4.82. The highest BCUT2D eigenvalue weighted by Gasteiger charge is 2.19. The lowest BCUT2D eigenvalue weighted by Crippen LogP contribution is -2.33. The number of sulfonamides is 1. The second-order valence-corrected chi connectivity index (χ2v) is 7.57. The van der Waals surface area contributed by atoms with Crippen molar-refractivity contribution >= 4 is 21.4 Å². The molecule has 0 radical (unpaired) electrons. The summed E-state index contributed by atoms with van der Waals surface area (Å²) in [5, 5.41) is 14.7. The molecular formula is C13H19N3O3S2. The Balaban J connectivity index is 1.98. The highest BCUT2D eigenvalue weighted by Crippen LogP contribution is 2.13. The fourth-order valence-corrected chi connectivity index (χ4v) is 3.97. The van der Waals surface area contributed by atoms with Gasteiger partial charge in [0.1, 0.15) is 4.90 Å². The van der Waals surface area contributed by atoms with Gasteiger partial charge in [-0.3, -0.25) is 4.68 Å². The van der Waals surface area contributed by atoms with Gasteiger partial charge >= 0.3 is 0 Å². The molecule has 0 aliphatic heterocycles. The molecule has 6 nitrogen and oxygen atoms in total. The minimum absolute atomic E-state index is 0.0536. The molecule has 1 atom stereocenters. The third kappa shape index (κ3) is 4.63. The fourth-order valence-electron chi connectivity index (χ4n) is 1.94. The predicted octanol–water partition coefficient (Wildman–Crippen LogP) is 1.24. The van der Waals surface area contributed by atoms with Crippen molar-refractivity contribution in [3.05, 3.63) is 34.8 Å². The molecule has 0 aliphatic carbocycles. The number of hydrogen-bond donors (Lipinski definition) is 2. The lowest BCUT2D eigenvalue weighted by Gasteiger charge is -2.12. The van der Waals surface area contributed by atoms with E-state index in [0.29, 0.717) is 19.4 Å². The number of nitrogens with zero attached hydrogens (tertiary/aromatic N) is 2. The van der Waals surface area contributed by atoms with Gasteiger partial charge in [-0.15, -0.1) is 11.3 Å². The van der Waals surface area contributed by atoms with Crippen molar-refractivity contribution in [2.45, 2.75) is 37.2 Å². The maximum atomic E-state index is 12.2. The lowest BCUT2D eigenvalue weighted by atomic mass is 10.2. The molecule has 2 aromatic heterocycles. The molecule has 0 aromatic carbocycles. The summed E-state index contributed by atoms with van der Waals surface area (Å²) in [5.41, 5.74) is 0. The summed E-state index contributed by atoms with van der Waals surface area (Å²) in [4.78, 5) is 1.29. The van der Waals surface area contributed by atoms with Crippen LogP contribution in [0, 0.1) is 0 Å². The number of aromatic nitrogens is 2. The zero-order valence-corrected chi connectivity index (χ0v) is 13.4. The van der Waals surface area contributed by atoms with E-state index in [4.69, 9.17) is 5.11 Å². The largest absolute Gasteiger partial charge is 0.396 e. The maximum Gasteiger partial charge on any atom is 0.243 e. The highest BCUT2D eigenvalue weighted by atomic mass is 32.2. The number of hydrogen-bond acceptors (Lipinski definition) is 5. The Bertz CT molecular complexity index is 650. The summed E-state index contributed by atoms with van der Waals surface area (Å²) in [7, 11) is -3.56. The topological polar surface area (TPSA) is 84.2 Å². The molecule has 0 amide bonds. The molecule has 2 aromatic rings. The van der Waals surface area contributed by atoms with Gasteiger partial charge < -0.3 is 5.11 Å². The van der Waals surface area contributed by atoms with Gasteiger partial charge in [-0.25, -0.2) is 13.1 Å². The molecule has 2 N–H and O–H groups in total. The van der Waals surface area contributed by atoms with Crippen LogP contribution in [-0.2, 0) is 23.0 Å². The SMILES string of the molecule is CC(Cc1cccs1)NS(=O)(=O)c1cnn(CCCO)c1. The smallest absolute Gasteiger partial charge is 0.243 e. The monoisotopic (exact) mass is 329 g/mol. The van der Waals surface area contributed by atoms with E-state index in [2.05, 4.69) is 9.82 Å². The number of aliphatic hydroxyl groups is 1. The summed E-state index contributed by atoms with van der Waals surface area (Å²) < 4.78 is 28.7. The van der Waals surface area contributed by atoms with E-state index < -0.39 is 10.0 Å². The molecule has 2 rings (SSSR count). The van der Waals surface area contributed by atoms with Gasteiger partial charge in [0.15, 0.2) is 0 Å². The second kappa shape index (κ2) is 7.17. The van der Waals surface area contributed by atoms with Crippen LogP contribution in [0.2, 0.25) is 0 Å². The van der Waals surface area contributed by atoms with E-state index in [1.165, 1.54) is 17.1 Å². The van der Waals surface area contributed by atoms with Crippen molar-refractivity contribution in [3.63, 3.8) is 0 Å². The Kier molecular flexibility index (Phi) is 5.51. The molecule has 21 heavy (non-hydrogen) atoms.